The van der Waals surface area contributed by atoms with Crippen LogP contribution in [0.2, 0.25) is 0 Å². The molecule has 2 rings (SSSR count). The maximum Gasteiger partial charge on any atom is 0.385 e. The first-order chi connectivity index (χ1) is 9.47. The van der Waals surface area contributed by atoms with E-state index in [1.807, 2.05) is 0 Å². The molecule has 2 heterocycles. The number of nitrogens with zero attached hydrogens (tertiary/aromatic N) is 3. The number of ether oxygens (including phenoxy) is 1. The number of halogens is 2. The molecule has 0 aliphatic carbocycles. The first-order valence-corrected chi connectivity index (χ1v) is 4.99. The number of aromatic hydroxyl groups is 1. The summed E-state index contributed by atoms with van der Waals surface area (Å²) in [5.74, 6) is -3.50. The zero-order valence-electron chi connectivity index (χ0n) is 9.49. The Kier molecular flexibility index (Phi) is 3.64. The normalized spacial score (nSPS) is 10.6. The molecule has 0 atom stereocenters. The van der Waals surface area contributed by atoms with Gasteiger partial charge in [0.25, 0.3) is 12.3 Å². The van der Waals surface area contributed by atoms with E-state index in [1.165, 1.54) is 0 Å². The number of hydrogen-bond donors (Lipinski definition) is 1. The van der Waals surface area contributed by atoms with E-state index in [2.05, 4.69) is 24.4 Å². The first kappa shape index (κ1) is 13.5. The van der Waals surface area contributed by atoms with Crippen LogP contribution in [0.3, 0.4) is 0 Å². The van der Waals surface area contributed by atoms with Crippen LogP contribution >= 0.6 is 0 Å². The van der Waals surface area contributed by atoms with Crippen molar-refractivity contribution in [3.8, 4) is 5.88 Å². The highest BCUT2D eigenvalue weighted by Gasteiger charge is 2.21. The van der Waals surface area contributed by atoms with Gasteiger partial charge in [0, 0.05) is 0 Å². The van der Waals surface area contributed by atoms with E-state index in [0.717, 1.165) is 12.3 Å². The van der Waals surface area contributed by atoms with Crippen molar-refractivity contribution in [2.24, 2.45) is 0 Å². The summed E-state index contributed by atoms with van der Waals surface area (Å²) < 4.78 is 33.1. The smallest absolute Gasteiger partial charge is 0.385 e. The van der Waals surface area contributed by atoms with Gasteiger partial charge >= 0.3 is 11.9 Å². The Bertz CT molecular complexity index is 641. The SMILES string of the molecule is O=C(OC(=O)c1cc(O)no1)c1cnc(C(F)F)cn1. The van der Waals surface area contributed by atoms with E-state index in [1.54, 1.807) is 0 Å². The summed E-state index contributed by atoms with van der Waals surface area (Å²) in [4.78, 5) is 29.5. The topological polar surface area (TPSA) is 115 Å². The van der Waals surface area contributed by atoms with Crippen molar-refractivity contribution in [3.63, 3.8) is 0 Å². The number of carbonyl (C=O) groups is 2. The van der Waals surface area contributed by atoms with E-state index in [4.69, 9.17) is 5.11 Å². The average molecular weight is 285 g/mol. The molecule has 0 unspecified atom stereocenters. The lowest BCUT2D eigenvalue weighted by Crippen LogP contribution is -2.14. The number of aromatic nitrogens is 3. The molecule has 0 amide bonds. The van der Waals surface area contributed by atoms with Crippen LogP contribution in [0.4, 0.5) is 8.78 Å². The Hall–Kier alpha value is -2.91. The average Bonchev–Trinajstić information content (AvgIpc) is 2.85. The summed E-state index contributed by atoms with van der Waals surface area (Å²) in [6.45, 7) is 0. The molecule has 10 heteroatoms. The van der Waals surface area contributed by atoms with Crippen LogP contribution in [-0.4, -0.2) is 32.2 Å². The van der Waals surface area contributed by atoms with E-state index >= 15 is 0 Å². The second kappa shape index (κ2) is 5.38. The first-order valence-electron chi connectivity index (χ1n) is 4.99. The molecule has 0 aromatic carbocycles. The highest BCUT2D eigenvalue weighted by atomic mass is 19.3. The van der Waals surface area contributed by atoms with Gasteiger partial charge in [0.1, 0.15) is 5.69 Å². The van der Waals surface area contributed by atoms with Gasteiger partial charge in [-0.2, -0.15) is 0 Å². The molecule has 0 radical (unpaired) electrons. The molecular weight excluding hydrogens is 280 g/mol. The zero-order chi connectivity index (χ0) is 14.7. The number of alkyl halides is 2. The minimum absolute atomic E-state index is 0.438. The molecule has 0 bridgehead atoms. The fourth-order valence-corrected chi connectivity index (χ4v) is 1.10. The Morgan fingerprint density at radius 3 is 2.50 bits per heavy atom. The highest BCUT2D eigenvalue weighted by Crippen LogP contribution is 2.15. The van der Waals surface area contributed by atoms with Crippen LogP contribution in [0.1, 0.15) is 33.2 Å². The largest absolute Gasteiger partial charge is 0.491 e. The Labute approximate surface area is 109 Å². The van der Waals surface area contributed by atoms with Crippen molar-refractivity contribution < 1.29 is 32.7 Å². The van der Waals surface area contributed by atoms with Crippen LogP contribution in [0, 0.1) is 0 Å². The lowest BCUT2D eigenvalue weighted by Gasteiger charge is -2.01. The lowest BCUT2D eigenvalue weighted by atomic mass is 10.4. The summed E-state index contributed by atoms with van der Waals surface area (Å²) in [6, 6.07) is 0.835. The van der Waals surface area contributed by atoms with E-state index in [9.17, 15) is 18.4 Å². The Morgan fingerprint density at radius 2 is 2.00 bits per heavy atom. The van der Waals surface area contributed by atoms with Crippen LogP contribution in [-0.2, 0) is 4.74 Å². The summed E-state index contributed by atoms with van der Waals surface area (Å²) in [7, 11) is 0. The van der Waals surface area contributed by atoms with Crippen molar-refractivity contribution in [1.82, 2.24) is 15.1 Å². The van der Waals surface area contributed by atoms with Crippen molar-refractivity contribution >= 4 is 11.9 Å². The summed E-state index contributed by atoms with van der Waals surface area (Å²) in [5.41, 5.74) is -1.06. The Morgan fingerprint density at radius 1 is 1.25 bits per heavy atom. The van der Waals surface area contributed by atoms with E-state index in [-0.39, 0.29) is 0 Å². The third-order valence-corrected chi connectivity index (χ3v) is 1.99. The fraction of sp³-hybridized carbons (Fsp3) is 0.100. The van der Waals surface area contributed by atoms with Crippen LogP contribution < -0.4 is 0 Å². The maximum absolute atomic E-state index is 12.2. The van der Waals surface area contributed by atoms with Crippen LogP contribution in [0.25, 0.3) is 0 Å². The molecule has 0 aliphatic heterocycles. The van der Waals surface area contributed by atoms with Crippen LogP contribution in [0.5, 0.6) is 5.88 Å². The quantitative estimate of drug-likeness (QED) is 0.658. The number of hydrogen-bond acceptors (Lipinski definition) is 8. The molecule has 104 valence electrons. The molecule has 2 aromatic heterocycles. The second-order valence-corrected chi connectivity index (χ2v) is 3.35. The molecule has 20 heavy (non-hydrogen) atoms. The third-order valence-electron chi connectivity index (χ3n) is 1.99. The maximum atomic E-state index is 12.2. The second-order valence-electron chi connectivity index (χ2n) is 3.35. The van der Waals surface area contributed by atoms with Crippen molar-refractivity contribution in [1.29, 1.82) is 0 Å². The van der Waals surface area contributed by atoms with Crippen molar-refractivity contribution in [2.45, 2.75) is 6.43 Å². The highest BCUT2D eigenvalue weighted by molar-refractivity contribution is 6.00. The van der Waals surface area contributed by atoms with Gasteiger partial charge in [-0.05, 0) is 5.16 Å². The van der Waals surface area contributed by atoms with Gasteiger partial charge in [-0.25, -0.2) is 23.4 Å². The van der Waals surface area contributed by atoms with Crippen LogP contribution in [0.15, 0.2) is 23.0 Å². The van der Waals surface area contributed by atoms with Gasteiger partial charge in [0.15, 0.2) is 5.69 Å². The summed E-state index contributed by atoms with van der Waals surface area (Å²) >= 11 is 0. The van der Waals surface area contributed by atoms with Gasteiger partial charge in [-0.1, -0.05) is 0 Å². The number of carbonyl (C=O) groups excluding carboxylic acids is 2. The third kappa shape index (κ3) is 2.91. The van der Waals surface area contributed by atoms with E-state index < -0.39 is 41.4 Å². The molecule has 0 spiro atoms. The Balaban J connectivity index is 2.06. The summed E-state index contributed by atoms with van der Waals surface area (Å²) in [5, 5.41) is 11.9. The molecule has 0 aliphatic rings. The van der Waals surface area contributed by atoms with Gasteiger partial charge in [0.05, 0.1) is 18.5 Å². The van der Waals surface area contributed by atoms with Gasteiger partial charge in [-0.15, -0.1) is 0 Å². The molecule has 8 nitrogen and oxygen atoms in total. The lowest BCUT2D eigenvalue weighted by molar-refractivity contribution is 0.0364. The van der Waals surface area contributed by atoms with E-state index in [0.29, 0.717) is 6.20 Å². The van der Waals surface area contributed by atoms with Crippen molar-refractivity contribution in [3.05, 3.63) is 35.6 Å². The van der Waals surface area contributed by atoms with Gasteiger partial charge in [-0.3, -0.25) is 4.98 Å². The monoisotopic (exact) mass is 285 g/mol. The predicted octanol–water partition coefficient (Wildman–Crippen LogP) is 1.10. The number of rotatable bonds is 3. The molecule has 0 saturated heterocycles. The molecule has 0 fully saturated rings. The standard InChI is InChI=1S/C10H5F2N3O5/c11-8(12)4-2-14-5(3-13-4)9(17)19-10(18)6-1-7(16)15-20-6/h1-3,8H,(H,15,16). The molecule has 1 N–H and O–H groups in total. The summed E-state index contributed by atoms with van der Waals surface area (Å²) in [6.07, 6.45) is -1.40. The predicted molar refractivity (Wildman–Crippen MR) is 54.9 cm³/mol. The van der Waals surface area contributed by atoms with Gasteiger partial charge < -0.3 is 14.4 Å². The van der Waals surface area contributed by atoms with Gasteiger partial charge in [0.2, 0.25) is 5.76 Å². The minimum Gasteiger partial charge on any atom is -0.491 e. The van der Waals surface area contributed by atoms with Crippen molar-refractivity contribution in [2.75, 3.05) is 0 Å². The molecule has 0 saturated carbocycles. The molecular formula is C10H5F2N3O5. The zero-order valence-corrected chi connectivity index (χ0v) is 9.49. The molecule has 2 aromatic rings. The number of esters is 2. The minimum atomic E-state index is -2.83. The fourth-order valence-electron chi connectivity index (χ4n) is 1.10.